The van der Waals surface area contributed by atoms with Crippen LogP contribution in [0.1, 0.15) is 0 Å². The van der Waals surface area contributed by atoms with E-state index in [-0.39, 0.29) is 6.54 Å². The van der Waals surface area contributed by atoms with Crippen LogP contribution in [0.2, 0.25) is 0 Å². The van der Waals surface area contributed by atoms with Crippen molar-refractivity contribution in [3.8, 4) is 45.5 Å². The largest absolute Gasteiger partial charge is 0.497 e. The molecule has 178 valence electrons. The molecule has 1 aromatic heterocycles. The standard InChI is InChI=1S/C27H26N4O4/c1-33-21-12-15-25(34-2)22(16-21)24-14-13-23(31(24)17-26(32)30-27(28)29)18-8-10-20(11-9-18)35-19-6-4-3-5-7-19/h3-16H,17H2,1-2H3,(H4,28,29,30,32). The smallest absolute Gasteiger partial charge is 0.246 e. The van der Waals surface area contributed by atoms with Crippen LogP contribution in [0.5, 0.6) is 23.0 Å². The van der Waals surface area contributed by atoms with E-state index in [1.54, 1.807) is 14.2 Å². The van der Waals surface area contributed by atoms with Crippen LogP contribution in [0, 0.1) is 5.41 Å². The third kappa shape index (κ3) is 5.44. The van der Waals surface area contributed by atoms with Gasteiger partial charge in [-0.3, -0.25) is 15.5 Å². The van der Waals surface area contributed by atoms with Gasteiger partial charge < -0.3 is 24.5 Å². The van der Waals surface area contributed by atoms with Gasteiger partial charge in [0.05, 0.1) is 19.9 Å². The molecular formula is C27H26N4O4. The zero-order valence-electron chi connectivity index (χ0n) is 19.4. The summed E-state index contributed by atoms with van der Waals surface area (Å²) in [6.45, 7) is -0.0557. The molecule has 0 aliphatic carbocycles. The molecule has 0 saturated carbocycles. The highest BCUT2D eigenvalue weighted by Gasteiger charge is 2.18. The van der Waals surface area contributed by atoms with Crippen LogP contribution in [-0.4, -0.2) is 30.7 Å². The van der Waals surface area contributed by atoms with Crippen LogP contribution in [0.15, 0.2) is 84.9 Å². The number of ether oxygens (including phenoxy) is 3. The lowest BCUT2D eigenvalue weighted by Gasteiger charge is -2.16. The molecule has 0 radical (unpaired) electrons. The maximum absolute atomic E-state index is 12.6. The number of para-hydroxylation sites is 1. The molecule has 0 aliphatic heterocycles. The van der Waals surface area contributed by atoms with Gasteiger partial charge >= 0.3 is 0 Å². The van der Waals surface area contributed by atoms with Crippen molar-refractivity contribution in [2.45, 2.75) is 6.54 Å². The zero-order chi connectivity index (χ0) is 24.8. The highest BCUT2D eigenvalue weighted by atomic mass is 16.5. The molecule has 0 fully saturated rings. The summed E-state index contributed by atoms with van der Waals surface area (Å²) >= 11 is 0. The second kappa shape index (κ2) is 10.5. The predicted molar refractivity (Wildman–Crippen MR) is 135 cm³/mol. The predicted octanol–water partition coefficient (Wildman–Crippen LogP) is 4.64. The maximum atomic E-state index is 12.6. The highest BCUT2D eigenvalue weighted by molar-refractivity contribution is 5.95. The minimum atomic E-state index is -0.415. The fourth-order valence-corrected chi connectivity index (χ4v) is 3.79. The topological polar surface area (TPSA) is 112 Å². The molecule has 3 aromatic carbocycles. The van der Waals surface area contributed by atoms with Crippen molar-refractivity contribution in [3.05, 3.63) is 84.9 Å². The van der Waals surface area contributed by atoms with E-state index in [0.29, 0.717) is 17.2 Å². The minimum Gasteiger partial charge on any atom is -0.497 e. The molecule has 0 saturated heterocycles. The molecule has 1 heterocycles. The van der Waals surface area contributed by atoms with E-state index in [2.05, 4.69) is 5.32 Å². The molecule has 8 nitrogen and oxygen atoms in total. The summed E-state index contributed by atoms with van der Waals surface area (Å²) in [5.74, 6) is 1.91. The molecule has 0 aliphatic rings. The summed E-state index contributed by atoms with van der Waals surface area (Å²) in [5.41, 5.74) is 8.57. The number of amides is 1. The van der Waals surface area contributed by atoms with Crippen molar-refractivity contribution in [2.24, 2.45) is 5.73 Å². The van der Waals surface area contributed by atoms with Gasteiger partial charge in [0.1, 0.15) is 29.5 Å². The van der Waals surface area contributed by atoms with E-state index < -0.39 is 11.9 Å². The van der Waals surface area contributed by atoms with Crippen molar-refractivity contribution >= 4 is 11.9 Å². The van der Waals surface area contributed by atoms with Gasteiger partial charge in [0.15, 0.2) is 5.96 Å². The number of hydrogen-bond donors (Lipinski definition) is 3. The van der Waals surface area contributed by atoms with Crippen molar-refractivity contribution < 1.29 is 19.0 Å². The quantitative estimate of drug-likeness (QED) is 0.257. The van der Waals surface area contributed by atoms with E-state index in [9.17, 15) is 4.79 Å². The van der Waals surface area contributed by atoms with Gasteiger partial charge in [0.25, 0.3) is 0 Å². The Morgan fingerprint density at radius 1 is 0.857 bits per heavy atom. The van der Waals surface area contributed by atoms with Crippen LogP contribution in [-0.2, 0) is 11.3 Å². The van der Waals surface area contributed by atoms with Crippen molar-refractivity contribution in [3.63, 3.8) is 0 Å². The number of methoxy groups -OCH3 is 2. The summed E-state index contributed by atoms with van der Waals surface area (Å²) in [7, 11) is 3.18. The minimum absolute atomic E-state index is 0.0557. The first-order valence-corrected chi connectivity index (χ1v) is 10.9. The molecule has 35 heavy (non-hydrogen) atoms. The van der Waals surface area contributed by atoms with E-state index in [1.807, 2.05) is 89.5 Å². The molecule has 0 spiro atoms. The number of benzene rings is 3. The van der Waals surface area contributed by atoms with Crippen LogP contribution in [0.25, 0.3) is 22.5 Å². The lowest BCUT2D eigenvalue weighted by atomic mass is 10.1. The monoisotopic (exact) mass is 470 g/mol. The third-order valence-electron chi connectivity index (χ3n) is 5.37. The Bertz CT molecular complexity index is 1330. The van der Waals surface area contributed by atoms with E-state index >= 15 is 0 Å². The van der Waals surface area contributed by atoms with Crippen LogP contribution in [0.4, 0.5) is 0 Å². The Morgan fingerprint density at radius 2 is 1.51 bits per heavy atom. The second-order valence-electron chi connectivity index (χ2n) is 7.66. The van der Waals surface area contributed by atoms with Crippen molar-refractivity contribution in [1.29, 1.82) is 5.41 Å². The lowest BCUT2D eigenvalue weighted by Crippen LogP contribution is -2.37. The van der Waals surface area contributed by atoms with Gasteiger partial charge in [-0.05, 0) is 72.3 Å². The molecule has 4 rings (SSSR count). The Hall–Kier alpha value is -4.72. The number of nitrogens with two attached hydrogens (primary N) is 1. The van der Waals surface area contributed by atoms with Crippen molar-refractivity contribution in [1.82, 2.24) is 9.88 Å². The zero-order valence-corrected chi connectivity index (χ0v) is 19.4. The Labute approximate surface area is 203 Å². The molecule has 8 heteroatoms. The summed E-state index contributed by atoms with van der Waals surface area (Å²) < 4.78 is 18.7. The number of rotatable bonds is 8. The number of aromatic nitrogens is 1. The first-order valence-electron chi connectivity index (χ1n) is 10.9. The average Bonchev–Trinajstić information content (AvgIpc) is 3.27. The van der Waals surface area contributed by atoms with Gasteiger partial charge in [0.2, 0.25) is 5.91 Å². The van der Waals surface area contributed by atoms with Crippen molar-refractivity contribution in [2.75, 3.05) is 14.2 Å². The van der Waals surface area contributed by atoms with Gasteiger partial charge in [0, 0.05) is 11.3 Å². The molecule has 4 N–H and O–H groups in total. The van der Waals surface area contributed by atoms with E-state index in [0.717, 1.165) is 28.3 Å². The van der Waals surface area contributed by atoms with Crippen LogP contribution >= 0.6 is 0 Å². The normalized spacial score (nSPS) is 10.5. The SMILES string of the molecule is COc1ccc(OC)c(-c2ccc(-c3ccc(Oc4ccccc4)cc3)n2CC(=O)NC(=N)N)c1. The number of hydrogen-bond acceptors (Lipinski definition) is 5. The van der Waals surface area contributed by atoms with Gasteiger partial charge in [-0.15, -0.1) is 0 Å². The molecule has 0 atom stereocenters. The van der Waals surface area contributed by atoms with Gasteiger partial charge in [-0.25, -0.2) is 0 Å². The van der Waals surface area contributed by atoms with E-state index in [4.69, 9.17) is 25.4 Å². The van der Waals surface area contributed by atoms with Crippen LogP contribution < -0.4 is 25.3 Å². The van der Waals surface area contributed by atoms with Gasteiger partial charge in [-0.1, -0.05) is 18.2 Å². The number of carbonyl (C=O) groups is 1. The Kier molecular flexibility index (Phi) is 7.02. The average molecular weight is 471 g/mol. The Balaban J connectivity index is 1.74. The molecule has 0 bridgehead atoms. The van der Waals surface area contributed by atoms with E-state index in [1.165, 1.54) is 0 Å². The number of guanidine groups is 1. The third-order valence-corrected chi connectivity index (χ3v) is 5.37. The number of carbonyl (C=O) groups excluding carboxylic acids is 1. The first kappa shape index (κ1) is 23.4. The molecule has 0 unspecified atom stereocenters. The maximum Gasteiger partial charge on any atom is 0.246 e. The van der Waals surface area contributed by atoms with Crippen LogP contribution in [0.3, 0.4) is 0 Å². The number of nitrogens with one attached hydrogen (secondary N) is 2. The van der Waals surface area contributed by atoms with Gasteiger partial charge in [-0.2, -0.15) is 0 Å². The second-order valence-corrected chi connectivity index (χ2v) is 7.66. The number of nitrogens with zero attached hydrogens (tertiary/aromatic N) is 1. The molecule has 1 amide bonds. The fourth-order valence-electron chi connectivity index (χ4n) is 3.79. The highest BCUT2D eigenvalue weighted by Crippen LogP contribution is 2.37. The summed E-state index contributed by atoms with van der Waals surface area (Å²) in [5, 5.41) is 9.76. The Morgan fingerprint density at radius 3 is 2.17 bits per heavy atom. The lowest BCUT2D eigenvalue weighted by molar-refractivity contribution is -0.120. The summed E-state index contributed by atoms with van der Waals surface area (Å²) in [6, 6.07) is 26.5. The summed E-state index contributed by atoms with van der Waals surface area (Å²) in [6.07, 6.45) is 0. The summed E-state index contributed by atoms with van der Waals surface area (Å²) in [4.78, 5) is 12.6. The molecule has 4 aromatic rings. The molecular weight excluding hydrogens is 444 g/mol. The fraction of sp³-hybridized carbons (Fsp3) is 0.111. The first-order chi connectivity index (χ1) is 17.0.